The Kier molecular flexibility index (Phi) is 5.14. The van der Waals surface area contributed by atoms with Crippen LogP contribution in [0.4, 0.5) is 0 Å². The van der Waals surface area contributed by atoms with Crippen molar-refractivity contribution >= 4 is 0 Å². The van der Waals surface area contributed by atoms with E-state index in [9.17, 15) is 10.2 Å². The number of hydrogen-bond acceptors (Lipinski definition) is 5. The van der Waals surface area contributed by atoms with Crippen LogP contribution in [0.25, 0.3) is 0 Å². The van der Waals surface area contributed by atoms with Gasteiger partial charge in [0.05, 0.1) is 25.4 Å². The molecule has 0 saturated carbocycles. The highest BCUT2D eigenvalue weighted by Gasteiger charge is 2.31. The summed E-state index contributed by atoms with van der Waals surface area (Å²) in [5.74, 6) is -0.546. The van der Waals surface area contributed by atoms with Gasteiger partial charge in [-0.3, -0.25) is 0 Å². The smallest absolute Gasteiger partial charge is 0.165 e. The summed E-state index contributed by atoms with van der Waals surface area (Å²) in [6.45, 7) is 4.54. The van der Waals surface area contributed by atoms with E-state index in [-0.39, 0.29) is 0 Å². The Balaban J connectivity index is 2.19. The first-order chi connectivity index (χ1) is 7.44. The average molecular weight is 234 g/mol. The van der Waals surface area contributed by atoms with Crippen LogP contribution in [-0.2, 0) is 9.47 Å². The molecule has 0 radical (unpaired) electrons. The van der Waals surface area contributed by atoms with Crippen LogP contribution in [0.3, 0.4) is 0 Å². The lowest BCUT2D eigenvalue weighted by Crippen LogP contribution is -2.36. The summed E-state index contributed by atoms with van der Waals surface area (Å²) in [6, 6.07) is 0. The molecule has 1 rings (SSSR count). The molecule has 5 nitrogen and oxygen atoms in total. The molecular weight excluding hydrogens is 212 g/mol. The normalized spacial score (nSPS) is 25.3. The van der Waals surface area contributed by atoms with Crippen LogP contribution in [0, 0.1) is 0 Å². The number of aliphatic hydroxyl groups is 3. The number of ether oxygens (including phenoxy) is 2. The van der Waals surface area contributed by atoms with Gasteiger partial charge in [0.2, 0.25) is 0 Å². The molecule has 1 aliphatic heterocycles. The predicted molar refractivity (Wildman–Crippen MR) is 57.9 cm³/mol. The van der Waals surface area contributed by atoms with Crippen molar-refractivity contribution in [1.82, 2.24) is 0 Å². The lowest BCUT2D eigenvalue weighted by atomic mass is 10.0. The second-order valence-corrected chi connectivity index (χ2v) is 4.52. The van der Waals surface area contributed by atoms with Gasteiger partial charge in [0.1, 0.15) is 6.10 Å². The Morgan fingerprint density at radius 2 is 1.75 bits per heavy atom. The van der Waals surface area contributed by atoms with E-state index in [1.165, 1.54) is 6.92 Å². The van der Waals surface area contributed by atoms with Gasteiger partial charge < -0.3 is 24.8 Å². The lowest BCUT2D eigenvalue weighted by Gasteiger charge is -2.24. The van der Waals surface area contributed by atoms with Gasteiger partial charge in [0, 0.05) is 6.42 Å². The van der Waals surface area contributed by atoms with E-state index >= 15 is 0 Å². The molecule has 3 N–H and O–H groups in total. The van der Waals surface area contributed by atoms with Gasteiger partial charge >= 0.3 is 0 Å². The van der Waals surface area contributed by atoms with E-state index in [1.54, 1.807) is 0 Å². The number of rotatable bonds is 6. The number of aliphatic hydroxyl groups excluding tert-OH is 3. The maximum Gasteiger partial charge on any atom is 0.165 e. The fourth-order valence-electron chi connectivity index (χ4n) is 1.83. The molecule has 16 heavy (non-hydrogen) atoms. The highest BCUT2D eigenvalue weighted by Crippen LogP contribution is 2.25. The van der Waals surface area contributed by atoms with Crippen LogP contribution in [0.1, 0.15) is 33.1 Å². The zero-order valence-corrected chi connectivity index (χ0v) is 9.93. The summed E-state index contributed by atoms with van der Waals surface area (Å²) in [4.78, 5) is 0. The molecule has 0 bridgehead atoms. The van der Waals surface area contributed by atoms with Crippen molar-refractivity contribution in [3.8, 4) is 0 Å². The zero-order valence-electron chi connectivity index (χ0n) is 9.93. The molecule has 0 aromatic rings. The van der Waals surface area contributed by atoms with Gasteiger partial charge in [-0.25, -0.2) is 0 Å². The molecule has 5 heteroatoms. The third-order valence-electron chi connectivity index (χ3n) is 2.92. The molecule has 0 aromatic heterocycles. The van der Waals surface area contributed by atoms with Gasteiger partial charge in [-0.1, -0.05) is 0 Å². The SMILES string of the molecule is C[C@H](O)[C@H](O)[C@@H](O)CCCC1(C)OCCO1. The Bertz CT molecular complexity index is 201. The second-order valence-electron chi connectivity index (χ2n) is 4.52. The van der Waals surface area contributed by atoms with Crippen LogP contribution < -0.4 is 0 Å². The molecule has 0 amide bonds. The summed E-state index contributed by atoms with van der Waals surface area (Å²) in [6.07, 6.45) is -1.11. The minimum atomic E-state index is -1.08. The van der Waals surface area contributed by atoms with Crippen LogP contribution in [0.5, 0.6) is 0 Å². The molecule has 96 valence electrons. The van der Waals surface area contributed by atoms with E-state index < -0.39 is 24.1 Å². The predicted octanol–water partition coefficient (Wildman–Crippen LogP) is 0.0223. The topological polar surface area (TPSA) is 79.2 Å². The van der Waals surface area contributed by atoms with E-state index in [4.69, 9.17) is 14.6 Å². The van der Waals surface area contributed by atoms with E-state index in [0.717, 1.165) is 0 Å². The van der Waals surface area contributed by atoms with Gasteiger partial charge in [0.15, 0.2) is 5.79 Å². The Morgan fingerprint density at radius 1 is 1.19 bits per heavy atom. The summed E-state index contributed by atoms with van der Waals surface area (Å²) < 4.78 is 10.8. The van der Waals surface area contributed by atoms with Crippen LogP contribution >= 0.6 is 0 Å². The van der Waals surface area contributed by atoms with Gasteiger partial charge in [-0.2, -0.15) is 0 Å². The third kappa shape index (κ3) is 3.99. The zero-order chi connectivity index (χ0) is 12.2. The van der Waals surface area contributed by atoms with Gasteiger partial charge in [-0.15, -0.1) is 0 Å². The largest absolute Gasteiger partial charge is 0.391 e. The van der Waals surface area contributed by atoms with E-state index in [1.807, 2.05) is 6.92 Å². The fourth-order valence-corrected chi connectivity index (χ4v) is 1.83. The maximum absolute atomic E-state index is 9.55. The van der Waals surface area contributed by atoms with Crippen LogP contribution in [0.15, 0.2) is 0 Å². The quantitative estimate of drug-likeness (QED) is 0.604. The molecule has 1 heterocycles. The highest BCUT2D eigenvalue weighted by molar-refractivity contribution is 4.74. The van der Waals surface area contributed by atoms with Crippen molar-refractivity contribution in [2.75, 3.05) is 13.2 Å². The first kappa shape index (κ1) is 13.9. The summed E-state index contributed by atoms with van der Waals surface area (Å²) in [7, 11) is 0. The Hall–Kier alpha value is -0.200. The fraction of sp³-hybridized carbons (Fsp3) is 1.00. The lowest BCUT2D eigenvalue weighted by molar-refractivity contribution is -0.149. The Labute approximate surface area is 96.0 Å². The Morgan fingerprint density at radius 3 is 2.25 bits per heavy atom. The molecule has 0 aromatic carbocycles. The highest BCUT2D eigenvalue weighted by atomic mass is 16.7. The van der Waals surface area contributed by atoms with Crippen LogP contribution in [-0.4, -0.2) is 52.6 Å². The van der Waals surface area contributed by atoms with Crippen molar-refractivity contribution in [2.24, 2.45) is 0 Å². The monoisotopic (exact) mass is 234 g/mol. The molecule has 1 fully saturated rings. The van der Waals surface area contributed by atoms with Gasteiger partial charge in [0.25, 0.3) is 0 Å². The second kappa shape index (κ2) is 5.93. The molecule has 0 aliphatic carbocycles. The van der Waals surface area contributed by atoms with Crippen molar-refractivity contribution in [3.05, 3.63) is 0 Å². The molecule has 1 aliphatic rings. The standard InChI is InChI=1S/C11H22O5/c1-8(12)10(14)9(13)4-3-5-11(2)15-6-7-16-11/h8-10,12-14H,3-7H2,1-2H3/t8-,9-,10-/m0/s1. The van der Waals surface area contributed by atoms with Gasteiger partial charge in [-0.05, 0) is 26.7 Å². The van der Waals surface area contributed by atoms with Crippen molar-refractivity contribution < 1.29 is 24.8 Å². The minimum Gasteiger partial charge on any atom is -0.391 e. The molecule has 0 spiro atoms. The molecule has 1 saturated heterocycles. The van der Waals surface area contributed by atoms with Crippen molar-refractivity contribution in [1.29, 1.82) is 0 Å². The van der Waals surface area contributed by atoms with E-state index in [0.29, 0.717) is 32.5 Å². The van der Waals surface area contributed by atoms with Crippen molar-refractivity contribution in [3.63, 3.8) is 0 Å². The summed E-state index contributed by atoms with van der Waals surface area (Å²) in [5, 5.41) is 28.0. The maximum atomic E-state index is 9.55. The third-order valence-corrected chi connectivity index (χ3v) is 2.92. The minimum absolute atomic E-state index is 0.425. The summed E-state index contributed by atoms with van der Waals surface area (Å²) >= 11 is 0. The first-order valence-electron chi connectivity index (χ1n) is 5.77. The average Bonchev–Trinajstić information content (AvgIpc) is 2.64. The molecule has 0 unspecified atom stereocenters. The number of hydrogen-bond donors (Lipinski definition) is 3. The summed E-state index contributed by atoms with van der Waals surface area (Å²) in [5.41, 5.74) is 0. The molecular formula is C11H22O5. The molecule has 3 atom stereocenters. The van der Waals surface area contributed by atoms with Crippen molar-refractivity contribution in [2.45, 2.75) is 57.2 Å². The van der Waals surface area contributed by atoms with E-state index in [2.05, 4.69) is 0 Å². The van der Waals surface area contributed by atoms with Crippen LogP contribution in [0.2, 0.25) is 0 Å². The first-order valence-corrected chi connectivity index (χ1v) is 5.77.